The van der Waals surface area contributed by atoms with Gasteiger partial charge in [-0.1, -0.05) is 11.2 Å². The fraction of sp³-hybridized carbons (Fsp3) is 0.481. The first-order valence-corrected chi connectivity index (χ1v) is 13.2. The zero-order valence-electron chi connectivity index (χ0n) is 22.5. The van der Waals surface area contributed by atoms with Crippen molar-refractivity contribution in [2.45, 2.75) is 56.3 Å². The number of amides is 1. The summed E-state index contributed by atoms with van der Waals surface area (Å²) < 4.78 is 10.9. The van der Waals surface area contributed by atoms with Crippen molar-refractivity contribution in [2.24, 2.45) is 5.10 Å². The Bertz CT molecular complexity index is 1410. The molecule has 12 nitrogen and oxygen atoms in total. The van der Waals surface area contributed by atoms with E-state index >= 15 is 0 Å². The number of hydrogen-bond acceptors (Lipinski definition) is 11. The number of hydrazone groups is 1. The second-order valence-electron chi connectivity index (χ2n) is 10.6. The van der Waals surface area contributed by atoms with E-state index in [0.717, 1.165) is 26.1 Å². The van der Waals surface area contributed by atoms with E-state index in [1.165, 1.54) is 4.90 Å². The van der Waals surface area contributed by atoms with E-state index in [1.54, 1.807) is 31.4 Å². The molecule has 6 rings (SSSR count). The van der Waals surface area contributed by atoms with Crippen LogP contribution in [0, 0.1) is 0 Å². The minimum atomic E-state index is -1.71. The van der Waals surface area contributed by atoms with Crippen LogP contribution in [0.2, 0.25) is 0 Å². The predicted octanol–water partition coefficient (Wildman–Crippen LogP) is 2.28. The fourth-order valence-electron chi connectivity index (χ4n) is 5.36. The average molecular weight is 795 g/mol. The molecule has 0 bridgehead atoms. The third-order valence-electron chi connectivity index (χ3n) is 8.03. The zero-order chi connectivity index (χ0) is 27.2. The molecule has 3 atom stereocenters. The van der Waals surface area contributed by atoms with Crippen LogP contribution in [0.1, 0.15) is 38.9 Å². The van der Waals surface area contributed by atoms with Crippen molar-refractivity contribution in [3.05, 3.63) is 42.3 Å². The van der Waals surface area contributed by atoms with Crippen LogP contribution < -0.4 is 5.32 Å². The van der Waals surface area contributed by atoms with Crippen molar-refractivity contribution in [3.63, 3.8) is 0 Å². The van der Waals surface area contributed by atoms with Crippen molar-refractivity contribution < 1.29 is 19.2 Å². The number of carbonyl (C=O) groups excluding carboxylic acids is 1. The van der Waals surface area contributed by atoms with Crippen LogP contribution >= 0.6 is 0 Å². The Kier molecular flexibility index (Phi) is 6.68. The van der Waals surface area contributed by atoms with Gasteiger partial charge in [-0.3, -0.25) is 9.80 Å². The Morgan fingerprint density at radius 3 is 2.55 bits per heavy atom. The Morgan fingerprint density at radius 1 is 1.10 bits per heavy atom. The number of ether oxygens (including phenoxy) is 1. The largest absolute Gasteiger partial charge is 0.381 e. The molecule has 3 aliphatic rings. The summed E-state index contributed by atoms with van der Waals surface area (Å²) >= 11 is 0. The van der Waals surface area contributed by atoms with E-state index in [2.05, 4.69) is 34.3 Å². The molecule has 3 aromatic heterocycles. The number of likely N-dealkylation sites (N-methyl/N-ethyl adjacent to an activating group) is 1. The van der Waals surface area contributed by atoms with Gasteiger partial charge in [0.25, 0.3) is 5.91 Å². The molecule has 6 heterocycles. The minimum Gasteiger partial charge on any atom is -0.381 e. The van der Waals surface area contributed by atoms with Gasteiger partial charge in [0.05, 0.1) is 40.9 Å². The summed E-state index contributed by atoms with van der Waals surface area (Å²) in [5.74, 6) is 0.186. The minimum absolute atomic E-state index is 0. The first-order valence-electron chi connectivity index (χ1n) is 13.2. The number of likely N-dealkylation sites (tertiary alicyclic amines) is 1. The maximum absolute atomic E-state index is 12.4. The second-order valence-corrected chi connectivity index (χ2v) is 10.6. The summed E-state index contributed by atoms with van der Waals surface area (Å²) in [5.41, 5.74) is 0.0641. The summed E-state index contributed by atoms with van der Waals surface area (Å²) in [4.78, 5) is 27.8. The van der Waals surface area contributed by atoms with Gasteiger partial charge in [0.2, 0.25) is 11.5 Å². The topological polar surface area (TPSA) is 142 Å². The van der Waals surface area contributed by atoms with Crippen molar-refractivity contribution in [1.82, 2.24) is 30.0 Å². The molecule has 0 saturated carbocycles. The third-order valence-corrected chi connectivity index (χ3v) is 8.03. The van der Waals surface area contributed by atoms with Gasteiger partial charge in [0, 0.05) is 45.5 Å². The Hall–Kier alpha value is -4.90. The molecule has 0 spiro atoms. The summed E-state index contributed by atoms with van der Waals surface area (Å²) in [6.45, 7) is 6.22. The Morgan fingerprint density at radius 2 is 1.82 bits per heavy atom. The van der Waals surface area contributed by atoms with Crippen LogP contribution in [0.4, 0.5) is 5.95 Å². The molecule has 3 aromatic rings. The van der Waals surface area contributed by atoms with Crippen molar-refractivity contribution in [3.8, 4) is 22.8 Å². The van der Waals surface area contributed by atoms with Crippen molar-refractivity contribution >= 4 is 18.1 Å². The predicted molar refractivity (Wildman–Crippen MR) is 143 cm³/mol. The van der Waals surface area contributed by atoms with Crippen molar-refractivity contribution in [2.75, 3.05) is 32.1 Å². The molecule has 3 aliphatic heterocycles. The van der Waals surface area contributed by atoms with Crippen LogP contribution in [0.3, 0.4) is 0 Å². The molecular weight excluding hydrogens is 762 g/mol. The van der Waals surface area contributed by atoms with Gasteiger partial charge in [0.15, 0.2) is 5.76 Å². The van der Waals surface area contributed by atoms with Crippen LogP contribution in [0.5, 0.6) is 0 Å². The number of hydrogen-bond donors (Lipinski definition) is 2. The van der Waals surface area contributed by atoms with Crippen LogP contribution in [-0.4, -0.2) is 91.7 Å². The molecule has 0 aliphatic carbocycles. The maximum atomic E-state index is 12.4. The van der Waals surface area contributed by atoms with Gasteiger partial charge in [-0.25, -0.2) is 15.0 Å². The molecule has 2 saturated heterocycles. The van der Waals surface area contributed by atoms with Gasteiger partial charge in [-0.2, -0.15) is 5.10 Å². The van der Waals surface area contributed by atoms with Gasteiger partial charge < -0.3 is 24.6 Å². The van der Waals surface area contributed by atoms with Gasteiger partial charge in [0.1, 0.15) is 5.69 Å². The molecule has 40 heavy (non-hydrogen) atoms. The molecule has 13 heteroatoms. The van der Waals surface area contributed by atoms with Crippen LogP contribution in [0.15, 0.2) is 46.2 Å². The number of aromatic nitrogens is 4. The number of pyridine rings is 1. The molecule has 2 unspecified atom stereocenters. The van der Waals surface area contributed by atoms with E-state index in [-0.39, 0.29) is 18.2 Å². The van der Waals surface area contributed by atoms with Crippen molar-refractivity contribution in [1.29, 1.82) is 0 Å². The number of nitrogens with one attached hydrogen (secondary N) is 1. The Balaban J connectivity index is 0.00000323. The number of rotatable bonds is 6. The summed E-state index contributed by atoms with van der Waals surface area (Å²) in [7, 11) is 1.65. The van der Waals surface area contributed by atoms with Gasteiger partial charge in [-0.05, 0) is 44.9 Å². The molecule has 2 N–H and O–H groups in total. The van der Waals surface area contributed by atoms with E-state index in [4.69, 9.17) is 24.3 Å². The maximum Gasteiger partial charge on any atom is 0.262 e. The first-order chi connectivity index (χ1) is 18.8. The van der Waals surface area contributed by atoms with Gasteiger partial charge >= 0.3 is 0 Å². The van der Waals surface area contributed by atoms with E-state index in [9.17, 15) is 9.90 Å². The molecule has 1 radical (unpaired) electrons. The second kappa shape index (κ2) is 10.0. The summed E-state index contributed by atoms with van der Waals surface area (Å²) in [6.07, 6.45) is 5.80. The van der Waals surface area contributed by atoms with E-state index < -0.39 is 17.0 Å². The monoisotopic (exact) mass is 794 g/mol. The van der Waals surface area contributed by atoms with Crippen LogP contribution in [-0.2, 0) is 15.1 Å². The average Bonchev–Trinajstić information content (AvgIpc) is 3.64. The van der Waals surface area contributed by atoms with Gasteiger partial charge in [-0.15, -0.1) is 0 Å². The molecule has 1 amide bonds. The SMILES string of the molecule is CC1N(C2CCOCC2)N=CC1(C)Nc1nccc(-c2cccc(-c3cc([C@@]4(O)CCN(C)C4=O)on3)n2)n1.[Lr]. The number of anilines is 1. The number of aliphatic hydroxyl groups is 1. The quantitative estimate of drug-likeness (QED) is 0.382. The van der Waals surface area contributed by atoms with E-state index in [0.29, 0.717) is 41.3 Å². The third kappa shape index (κ3) is 4.50. The zero-order valence-corrected chi connectivity index (χ0v) is 24.6. The standard InChI is InChI=1S/C27H32N8O4.Lr/c1-17-26(2,16-29-35(17)18-8-13-38-14-9-18)32-25-28-11-7-21(31-25)19-5-4-6-20(30-19)22-15-23(39-33-22)27(37)10-12-34(3)24(27)36;/h4-7,11,15-18,37H,8-10,12-14H2,1-3H3,(H,28,31,32);/t17?,26?,27-;/m0./s1. The van der Waals surface area contributed by atoms with E-state index in [1.807, 2.05) is 18.3 Å². The first kappa shape index (κ1) is 26.7. The molecule has 0 aromatic carbocycles. The fourth-order valence-corrected chi connectivity index (χ4v) is 5.36. The molecule has 2 fully saturated rings. The summed E-state index contributed by atoms with van der Waals surface area (Å²) in [6, 6.07) is 9.33. The number of nitrogens with zero attached hydrogens (tertiary/aromatic N) is 7. The smallest absolute Gasteiger partial charge is 0.262 e. The Labute approximate surface area is 226 Å². The van der Waals surface area contributed by atoms with Crippen LogP contribution in [0.25, 0.3) is 22.8 Å². The summed E-state index contributed by atoms with van der Waals surface area (Å²) in [5, 5.41) is 25.3. The molecule has 219 valence electrons. The number of carbonyl (C=O) groups is 1. The molecular formula is C27H32LrN8O4. The normalized spacial score (nSPS) is 26.8.